The van der Waals surface area contributed by atoms with Gasteiger partial charge in [-0.25, -0.2) is 0 Å². The van der Waals surface area contributed by atoms with Crippen molar-refractivity contribution in [1.82, 2.24) is 15.5 Å². The van der Waals surface area contributed by atoms with Gasteiger partial charge in [-0.2, -0.15) is 0 Å². The molecule has 2 fully saturated rings. The molecule has 0 unspecified atom stereocenters. The maximum Gasteiger partial charge on any atom is 0.222 e. The first-order chi connectivity index (χ1) is 11.0. The average Bonchev–Trinajstić information content (AvgIpc) is 2.87. The molecule has 1 aliphatic carbocycles. The minimum atomic E-state index is 0. The number of carbonyl (C=O) groups excluding carboxylic acids is 1. The highest BCUT2D eigenvalue weighted by Gasteiger charge is 2.30. The lowest BCUT2D eigenvalue weighted by Crippen LogP contribution is -2.41. The summed E-state index contributed by atoms with van der Waals surface area (Å²) < 4.78 is 0. The summed E-state index contributed by atoms with van der Waals surface area (Å²) in [6.07, 6.45) is 7.77. The molecular weight excluding hydrogens is 415 g/mol. The second-order valence-electron chi connectivity index (χ2n) is 7.72. The second kappa shape index (κ2) is 10.5. The van der Waals surface area contributed by atoms with Gasteiger partial charge in [-0.1, -0.05) is 33.1 Å². The van der Waals surface area contributed by atoms with E-state index in [-0.39, 0.29) is 29.9 Å². The number of aliphatic imine (C=N–C) groups is 1. The number of carbonyl (C=O) groups is 1. The number of nitrogens with zero attached hydrogens (tertiary/aromatic N) is 2. The highest BCUT2D eigenvalue weighted by Crippen LogP contribution is 2.28. The lowest BCUT2D eigenvalue weighted by molar-refractivity contribution is -0.121. The minimum absolute atomic E-state index is 0. The molecule has 1 heterocycles. The van der Waals surface area contributed by atoms with Gasteiger partial charge in [0.2, 0.25) is 5.91 Å². The SMILES string of the molecule is CCNC(=NCCC(=O)NC1CCCCC1)N1CCC(C)(C)C1.I. The average molecular weight is 450 g/mol. The fourth-order valence-corrected chi connectivity index (χ4v) is 3.53. The van der Waals surface area contributed by atoms with Crippen LogP contribution in [0.1, 0.15) is 65.7 Å². The van der Waals surface area contributed by atoms with E-state index in [1.165, 1.54) is 25.7 Å². The molecule has 2 rings (SSSR count). The number of hydrogen-bond donors (Lipinski definition) is 2. The van der Waals surface area contributed by atoms with Crippen LogP contribution in [-0.4, -0.2) is 49.0 Å². The molecule has 0 aromatic carbocycles. The molecule has 6 heteroatoms. The minimum Gasteiger partial charge on any atom is -0.357 e. The Morgan fingerprint density at radius 3 is 2.54 bits per heavy atom. The first kappa shape index (κ1) is 21.5. The zero-order valence-corrected chi connectivity index (χ0v) is 17.9. The zero-order chi connectivity index (χ0) is 16.7. The molecule has 2 aliphatic rings. The predicted octanol–water partition coefficient (Wildman–Crippen LogP) is 3.14. The molecule has 24 heavy (non-hydrogen) atoms. The van der Waals surface area contributed by atoms with Gasteiger partial charge in [0.25, 0.3) is 0 Å². The van der Waals surface area contributed by atoms with Gasteiger partial charge in [0.15, 0.2) is 5.96 Å². The summed E-state index contributed by atoms with van der Waals surface area (Å²) in [6.45, 7) is 10.2. The van der Waals surface area contributed by atoms with Crippen LogP contribution in [0, 0.1) is 5.41 Å². The Bertz CT molecular complexity index is 419. The first-order valence-electron chi connectivity index (χ1n) is 9.33. The van der Waals surface area contributed by atoms with E-state index in [9.17, 15) is 4.79 Å². The summed E-state index contributed by atoms with van der Waals surface area (Å²) in [6, 6.07) is 0.396. The molecule has 0 bridgehead atoms. The molecule has 0 atom stereocenters. The van der Waals surface area contributed by atoms with Crippen molar-refractivity contribution in [2.75, 3.05) is 26.2 Å². The van der Waals surface area contributed by atoms with E-state index in [4.69, 9.17) is 0 Å². The molecule has 0 aromatic rings. The molecule has 2 N–H and O–H groups in total. The van der Waals surface area contributed by atoms with Crippen LogP contribution in [0.15, 0.2) is 4.99 Å². The molecule has 0 aromatic heterocycles. The lowest BCUT2D eigenvalue weighted by atomic mass is 9.93. The van der Waals surface area contributed by atoms with Crippen LogP contribution in [0.5, 0.6) is 0 Å². The highest BCUT2D eigenvalue weighted by molar-refractivity contribution is 14.0. The van der Waals surface area contributed by atoms with Gasteiger partial charge in [0.1, 0.15) is 0 Å². The largest absolute Gasteiger partial charge is 0.357 e. The second-order valence-corrected chi connectivity index (χ2v) is 7.72. The van der Waals surface area contributed by atoms with Gasteiger partial charge in [0, 0.05) is 32.1 Å². The number of likely N-dealkylation sites (tertiary alicyclic amines) is 1. The molecule has 1 aliphatic heterocycles. The van der Waals surface area contributed by atoms with E-state index in [1.807, 2.05) is 0 Å². The molecule has 1 amide bonds. The highest BCUT2D eigenvalue weighted by atomic mass is 127. The molecule has 5 nitrogen and oxygen atoms in total. The van der Waals surface area contributed by atoms with E-state index in [2.05, 4.69) is 41.3 Å². The van der Waals surface area contributed by atoms with E-state index in [1.54, 1.807) is 0 Å². The number of halogens is 1. The van der Waals surface area contributed by atoms with Gasteiger partial charge in [-0.05, 0) is 31.6 Å². The standard InChI is InChI=1S/C18H34N4O.HI/c1-4-19-17(22-13-11-18(2,3)14-22)20-12-10-16(23)21-15-8-6-5-7-9-15;/h15H,4-14H2,1-3H3,(H,19,20)(H,21,23);1H. The van der Waals surface area contributed by atoms with Gasteiger partial charge in [-0.3, -0.25) is 9.79 Å². The van der Waals surface area contributed by atoms with Crippen LogP contribution in [-0.2, 0) is 4.79 Å². The maximum atomic E-state index is 12.1. The van der Waals surface area contributed by atoms with Crippen molar-refractivity contribution < 1.29 is 4.79 Å². The fraction of sp³-hybridized carbons (Fsp3) is 0.889. The Kier molecular flexibility index (Phi) is 9.37. The summed E-state index contributed by atoms with van der Waals surface area (Å²) in [5, 5.41) is 6.53. The van der Waals surface area contributed by atoms with E-state index >= 15 is 0 Å². The number of hydrogen-bond acceptors (Lipinski definition) is 2. The van der Waals surface area contributed by atoms with Crippen molar-refractivity contribution in [2.45, 2.75) is 71.8 Å². The topological polar surface area (TPSA) is 56.7 Å². The summed E-state index contributed by atoms with van der Waals surface area (Å²) in [4.78, 5) is 19.0. The molecule has 0 spiro atoms. The van der Waals surface area contributed by atoms with Crippen molar-refractivity contribution in [3.05, 3.63) is 0 Å². The van der Waals surface area contributed by atoms with Crippen molar-refractivity contribution >= 4 is 35.8 Å². The maximum absolute atomic E-state index is 12.1. The molecule has 0 radical (unpaired) electrons. The van der Waals surface area contributed by atoms with E-state index < -0.39 is 0 Å². The van der Waals surface area contributed by atoms with Crippen molar-refractivity contribution in [1.29, 1.82) is 0 Å². The van der Waals surface area contributed by atoms with Crippen LogP contribution in [0.25, 0.3) is 0 Å². The third-order valence-corrected chi connectivity index (χ3v) is 4.88. The Hall–Kier alpha value is -0.530. The first-order valence-corrected chi connectivity index (χ1v) is 9.33. The molecular formula is C18H35IN4O. The monoisotopic (exact) mass is 450 g/mol. The van der Waals surface area contributed by atoms with Gasteiger partial charge < -0.3 is 15.5 Å². The van der Waals surface area contributed by atoms with Gasteiger partial charge >= 0.3 is 0 Å². The van der Waals surface area contributed by atoms with Crippen LogP contribution >= 0.6 is 24.0 Å². The summed E-state index contributed by atoms with van der Waals surface area (Å²) in [7, 11) is 0. The lowest BCUT2D eigenvalue weighted by Gasteiger charge is -2.24. The van der Waals surface area contributed by atoms with Crippen molar-refractivity contribution in [3.8, 4) is 0 Å². The van der Waals surface area contributed by atoms with E-state index in [0.29, 0.717) is 24.4 Å². The Labute approximate surface area is 164 Å². The Balaban J connectivity index is 0.00000288. The number of nitrogens with one attached hydrogen (secondary N) is 2. The van der Waals surface area contributed by atoms with Crippen LogP contribution < -0.4 is 10.6 Å². The zero-order valence-electron chi connectivity index (χ0n) is 15.6. The summed E-state index contributed by atoms with van der Waals surface area (Å²) in [5.74, 6) is 1.11. The normalized spacial score (nSPS) is 21.3. The smallest absolute Gasteiger partial charge is 0.222 e. The van der Waals surface area contributed by atoms with Crippen LogP contribution in [0.2, 0.25) is 0 Å². The molecule has 1 saturated heterocycles. The quantitative estimate of drug-likeness (QED) is 0.385. The number of guanidine groups is 1. The van der Waals surface area contributed by atoms with Crippen molar-refractivity contribution in [3.63, 3.8) is 0 Å². The van der Waals surface area contributed by atoms with Crippen molar-refractivity contribution in [2.24, 2.45) is 10.4 Å². The Morgan fingerprint density at radius 1 is 1.25 bits per heavy atom. The third-order valence-electron chi connectivity index (χ3n) is 4.88. The fourth-order valence-electron chi connectivity index (χ4n) is 3.53. The van der Waals surface area contributed by atoms with Gasteiger partial charge in [-0.15, -0.1) is 24.0 Å². The number of amides is 1. The van der Waals surface area contributed by atoms with Gasteiger partial charge in [0.05, 0.1) is 6.54 Å². The van der Waals surface area contributed by atoms with Crippen LogP contribution in [0.4, 0.5) is 0 Å². The number of rotatable bonds is 5. The predicted molar refractivity (Wildman–Crippen MR) is 111 cm³/mol. The summed E-state index contributed by atoms with van der Waals surface area (Å²) in [5.41, 5.74) is 0.356. The van der Waals surface area contributed by atoms with E-state index in [0.717, 1.165) is 38.4 Å². The third kappa shape index (κ3) is 7.15. The molecule has 1 saturated carbocycles. The Morgan fingerprint density at radius 2 is 1.96 bits per heavy atom. The van der Waals surface area contributed by atoms with Crippen LogP contribution in [0.3, 0.4) is 0 Å². The molecule has 140 valence electrons. The summed E-state index contributed by atoms with van der Waals surface area (Å²) >= 11 is 0.